The summed E-state index contributed by atoms with van der Waals surface area (Å²) in [6.07, 6.45) is 1.32. The van der Waals surface area contributed by atoms with Crippen LogP contribution in [0.4, 0.5) is 4.39 Å². The number of rotatable bonds is 4. The molecule has 1 N–H and O–H groups in total. The monoisotopic (exact) mass is 425 g/mol. The Kier molecular flexibility index (Phi) is 5.48. The van der Waals surface area contributed by atoms with Gasteiger partial charge in [-0.2, -0.15) is 10.4 Å². The van der Waals surface area contributed by atoms with Gasteiger partial charge in [-0.25, -0.2) is 9.82 Å². The van der Waals surface area contributed by atoms with Crippen molar-refractivity contribution in [3.8, 4) is 17.4 Å². The molecular formula is C20H13BrFN3O2. The predicted molar refractivity (Wildman–Crippen MR) is 103 cm³/mol. The number of carbonyl (C=O) groups is 1. The van der Waals surface area contributed by atoms with Crippen LogP contribution in [0.3, 0.4) is 0 Å². The zero-order valence-corrected chi connectivity index (χ0v) is 15.7. The van der Waals surface area contributed by atoms with Crippen LogP contribution in [0.25, 0.3) is 11.3 Å². The van der Waals surface area contributed by atoms with Crippen molar-refractivity contribution in [3.63, 3.8) is 0 Å². The first kappa shape index (κ1) is 18.5. The van der Waals surface area contributed by atoms with E-state index in [0.29, 0.717) is 11.5 Å². The van der Waals surface area contributed by atoms with Crippen LogP contribution in [0, 0.1) is 24.1 Å². The van der Waals surface area contributed by atoms with Gasteiger partial charge in [-0.1, -0.05) is 22.0 Å². The van der Waals surface area contributed by atoms with E-state index >= 15 is 0 Å². The van der Waals surface area contributed by atoms with Gasteiger partial charge in [0.25, 0.3) is 5.91 Å². The fourth-order valence-electron chi connectivity index (χ4n) is 2.37. The molecule has 0 radical (unpaired) electrons. The summed E-state index contributed by atoms with van der Waals surface area (Å²) in [6.45, 7) is 1.99. The van der Waals surface area contributed by atoms with Gasteiger partial charge in [-0.3, -0.25) is 4.79 Å². The molecule has 0 aliphatic rings. The number of hydrogen-bond donors (Lipinski definition) is 1. The Bertz CT molecular complexity index is 1080. The number of halogens is 2. The van der Waals surface area contributed by atoms with Gasteiger partial charge in [-0.05, 0) is 55.0 Å². The second-order valence-electron chi connectivity index (χ2n) is 5.69. The third kappa shape index (κ3) is 4.30. The van der Waals surface area contributed by atoms with Gasteiger partial charge in [0, 0.05) is 10.0 Å². The molecule has 0 aliphatic heterocycles. The summed E-state index contributed by atoms with van der Waals surface area (Å²) < 4.78 is 20.4. The van der Waals surface area contributed by atoms with Gasteiger partial charge in [0.15, 0.2) is 0 Å². The smallest absolute Gasteiger partial charge is 0.274 e. The quantitative estimate of drug-likeness (QED) is 0.481. The maximum atomic E-state index is 13.8. The van der Waals surface area contributed by atoms with Gasteiger partial charge in [0.05, 0.1) is 23.4 Å². The van der Waals surface area contributed by atoms with Crippen molar-refractivity contribution in [2.45, 2.75) is 6.92 Å². The SMILES string of the molecule is Cc1ccc(-c2ccc(/C=N/NC(=O)c3ccc(C#N)cc3F)o2)c(Br)c1. The number of aryl methyl sites for hydroxylation is 1. The molecule has 0 saturated carbocycles. The molecule has 0 bridgehead atoms. The highest BCUT2D eigenvalue weighted by Crippen LogP contribution is 2.30. The van der Waals surface area contributed by atoms with Crippen molar-refractivity contribution in [2.75, 3.05) is 0 Å². The minimum atomic E-state index is -0.786. The number of nitrogens with zero attached hydrogens (tertiary/aromatic N) is 2. The highest BCUT2D eigenvalue weighted by atomic mass is 79.9. The van der Waals surface area contributed by atoms with Crippen molar-refractivity contribution in [1.29, 1.82) is 5.26 Å². The van der Waals surface area contributed by atoms with Crippen molar-refractivity contribution in [1.82, 2.24) is 5.43 Å². The lowest BCUT2D eigenvalue weighted by Gasteiger charge is -2.02. The van der Waals surface area contributed by atoms with Crippen LogP contribution in [0.1, 0.15) is 27.2 Å². The van der Waals surface area contributed by atoms with Gasteiger partial charge in [-0.15, -0.1) is 0 Å². The topological polar surface area (TPSA) is 78.4 Å². The first-order chi connectivity index (χ1) is 13.0. The molecule has 0 saturated heterocycles. The van der Waals surface area contributed by atoms with E-state index in [1.807, 2.05) is 25.1 Å². The van der Waals surface area contributed by atoms with Crippen LogP contribution in [0.5, 0.6) is 0 Å². The molecule has 27 heavy (non-hydrogen) atoms. The average Bonchev–Trinajstić information content (AvgIpc) is 3.10. The summed E-state index contributed by atoms with van der Waals surface area (Å²) in [5.41, 5.74) is 4.18. The first-order valence-electron chi connectivity index (χ1n) is 7.87. The first-order valence-corrected chi connectivity index (χ1v) is 8.66. The molecule has 0 fully saturated rings. The third-order valence-electron chi connectivity index (χ3n) is 3.72. The maximum Gasteiger partial charge on any atom is 0.274 e. The Morgan fingerprint density at radius 3 is 2.78 bits per heavy atom. The second-order valence-corrected chi connectivity index (χ2v) is 6.55. The van der Waals surface area contributed by atoms with E-state index < -0.39 is 11.7 Å². The molecule has 3 rings (SSSR count). The van der Waals surface area contributed by atoms with E-state index in [4.69, 9.17) is 9.68 Å². The highest BCUT2D eigenvalue weighted by molar-refractivity contribution is 9.10. The Balaban J connectivity index is 1.70. The standard InChI is InChI=1S/C20H13BrFN3O2/c1-12-2-5-15(17(21)8-12)19-7-4-14(27-19)11-24-25-20(26)16-6-3-13(10-23)9-18(16)22/h2-9,11H,1H3,(H,25,26)/b24-11+. The van der Waals surface area contributed by atoms with Crippen LogP contribution in [-0.2, 0) is 0 Å². The van der Waals surface area contributed by atoms with E-state index in [2.05, 4.69) is 26.5 Å². The van der Waals surface area contributed by atoms with Crippen molar-refractivity contribution in [3.05, 3.63) is 81.3 Å². The van der Waals surface area contributed by atoms with Gasteiger partial charge in [0.2, 0.25) is 0 Å². The molecule has 0 aliphatic carbocycles. The molecule has 2 aromatic carbocycles. The maximum absolute atomic E-state index is 13.8. The molecule has 134 valence electrons. The summed E-state index contributed by atoms with van der Waals surface area (Å²) in [4.78, 5) is 12.0. The van der Waals surface area contributed by atoms with E-state index in [1.54, 1.807) is 18.2 Å². The van der Waals surface area contributed by atoms with Crippen molar-refractivity contribution in [2.24, 2.45) is 5.10 Å². The Labute approximate surface area is 163 Å². The number of benzene rings is 2. The minimum Gasteiger partial charge on any atom is -0.455 e. The minimum absolute atomic E-state index is 0.137. The second kappa shape index (κ2) is 7.98. The largest absolute Gasteiger partial charge is 0.455 e. The molecule has 5 nitrogen and oxygen atoms in total. The Morgan fingerprint density at radius 1 is 1.26 bits per heavy atom. The average molecular weight is 426 g/mol. The number of nitrogens with one attached hydrogen (secondary N) is 1. The number of hydrogen-bond acceptors (Lipinski definition) is 4. The molecule has 3 aromatic rings. The van der Waals surface area contributed by atoms with Gasteiger partial charge in [0.1, 0.15) is 17.3 Å². The molecule has 1 aromatic heterocycles. The lowest BCUT2D eigenvalue weighted by molar-refractivity contribution is 0.0951. The van der Waals surface area contributed by atoms with E-state index in [9.17, 15) is 9.18 Å². The number of amides is 1. The Hall–Kier alpha value is -3.24. The number of carbonyl (C=O) groups excluding carboxylic acids is 1. The number of nitriles is 1. The third-order valence-corrected chi connectivity index (χ3v) is 4.37. The summed E-state index contributed by atoms with van der Waals surface area (Å²) in [5.74, 6) is -0.432. The number of furan rings is 1. The fraction of sp³-hybridized carbons (Fsp3) is 0.0500. The predicted octanol–water partition coefficient (Wildman–Crippen LogP) is 4.79. The van der Waals surface area contributed by atoms with Gasteiger partial charge < -0.3 is 4.42 Å². The summed E-state index contributed by atoms with van der Waals surface area (Å²) in [5, 5.41) is 12.5. The van der Waals surface area contributed by atoms with Crippen molar-refractivity contribution >= 4 is 28.1 Å². The van der Waals surface area contributed by atoms with Crippen molar-refractivity contribution < 1.29 is 13.6 Å². The molecule has 7 heteroatoms. The van der Waals surface area contributed by atoms with Crippen LogP contribution < -0.4 is 5.43 Å². The lowest BCUT2D eigenvalue weighted by Crippen LogP contribution is -2.19. The van der Waals surface area contributed by atoms with Crippen LogP contribution in [-0.4, -0.2) is 12.1 Å². The zero-order chi connectivity index (χ0) is 19.4. The molecule has 0 spiro atoms. The van der Waals surface area contributed by atoms with Gasteiger partial charge >= 0.3 is 0 Å². The van der Waals surface area contributed by atoms with Crippen LogP contribution in [0.15, 0.2) is 62.5 Å². The number of hydrazone groups is 1. The highest BCUT2D eigenvalue weighted by Gasteiger charge is 2.12. The summed E-state index contributed by atoms with van der Waals surface area (Å²) in [6, 6.07) is 14.8. The van der Waals surface area contributed by atoms with E-state index in [-0.39, 0.29) is 11.1 Å². The molecule has 1 heterocycles. The molecule has 1 amide bonds. The molecular weight excluding hydrogens is 413 g/mol. The van der Waals surface area contributed by atoms with E-state index in [1.165, 1.54) is 18.3 Å². The zero-order valence-electron chi connectivity index (χ0n) is 14.2. The normalized spacial score (nSPS) is 10.7. The van der Waals surface area contributed by atoms with E-state index in [0.717, 1.165) is 21.7 Å². The van der Waals surface area contributed by atoms with Crippen LogP contribution >= 0.6 is 15.9 Å². The van der Waals surface area contributed by atoms with Crippen LogP contribution in [0.2, 0.25) is 0 Å². The molecule has 0 atom stereocenters. The Morgan fingerprint density at radius 2 is 2.07 bits per heavy atom. The summed E-state index contributed by atoms with van der Waals surface area (Å²) in [7, 11) is 0. The summed E-state index contributed by atoms with van der Waals surface area (Å²) >= 11 is 3.50. The molecule has 0 unspecified atom stereocenters. The lowest BCUT2D eigenvalue weighted by atomic mass is 10.1. The fourth-order valence-corrected chi connectivity index (χ4v) is 3.06.